The van der Waals surface area contributed by atoms with Crippen LogP contribution in [0.5, 0.6) is 0 Å². The Morgan fingerprint density at radius 2 is 0.810 bits per heavy atom. The van der Waals surface area contributed by atoms with Crippen molar-refractivity contribution in [3.63, 3.8) is 0 Å². The van der Waals surface area contributed by atoms with Crippen molar-refractivity contribution >= 4 is 11.9 Å². The summed E-state index contributed by atoms with van der Waals surface area (Å²) in [6.45, 7) is 6.48. The fourth-order valence-corrected chi connectivity index (χ4v) is 8.48. The van der Waals surface area contributed by atoms with Gasteiger partial charge in [0, 0.05) is 6.42 Å². The number of carbonyl (C=O) groups excluding carboxylic acids is 2. The third-order valence-electron chi connectivity index (χ3n) is 12.7. The van der Waals surface area contributed by atoms with Crippen LogP contribution in [-0.2, 0) is 14.3 Å². The van der Waals surface area contributed by atoms with Crippen molar-refractivity contribution in [1.29, 1.82) is 0 Å². The molecule has 0 aliphatic rings. The summed E-state index contributed by atoms with van der Waals surface area (Å²) in [5.41, 5.74) is 0. The van der Waals surface area contributed by atoms with E-state index in [1.165, 1.54) is 167 Å². The number of hydrogen-bond acceptors (Lipinski definition) is 5. The molecule has 0 saturated carbocycles. The minimum absolute atomic E-state index is 0.0637. The van der Waals surface area contributed by atoms with Crippen LogP contribution >= 0.6 is 0 Å². The maximum atomic E-state index is 13.2. The van der Waals surface area contributed by atoms with Crippen molar-refractivity contribution in [2.75, 3.05) is 6.61 Å². The van der Waals surface area contributed by atoms with Crippen LogP contribution in [0.3, 0.4) is 0 Å². The zero-order valence-electron chi connectivity index (χ0n) is 42.2. The third kappa shape index (κ3) is 46.4. The zero-order valence-corrected chi connectivity index (χ0v) is 42.2. The van der Waals surface area contributed by atoms with Gasteiger partial charge in [0.1, 0.15) is 6.10 Å². The maximum Gasteiger partial charge on any atom is 0.306 e. The Hall–Kier alpha value is -1.92. The average molecular weight is 886 g/mol. The number of rotatable bonds is 50. The highest BCUT2D eigenvalue weighted by atomic mass is 16.5. The van der Waals surface area contributed by atoms with Gasteiger partial charge in [-0.05, 0) is 77.0 Å². The van der Waals surface area contributed by atoms with Crippen LogP contribution in [-0.4, -0.2) is 46.9 Å². The van der Waals surface area contributed by atoms with Gasteiger partial charge in [-0.25, -0.2) is 0 Å². The zero-order chi connectivity index (χ0) is 45.9. The number of aliphatic hydroxyl groups is 2. The van der Waals surface area contributed by atoms with E-state index in [-0.39, 0.29) is 24.9 Å². The van der Waals surface area contributed by atoms with Gasteiger partial charge in [0.25, 0.3) is 0 Å². The summed E-state index contributed by atoms with van der Waals surface area (Å²) in [5.74, 6) is -0.503. The molecule has 0 bridgehead atoms. The topological polar surface area (TPSA) is 95.9 Å². The quantitative estimate of drug-likeness (QED) is 0.0245. The number of carbonyl (C=O) groups is 2. The van der Waals surface area contributed by atoms with Crippen molar-refractivity contribution in [3.05, 3.63) is 36.5 Å². The molecule has 3 N–H and O–H groups in total. The Morgan fingerprint density at radius 3 is 1.24 bits per heavy atom. The van der Waals surface area contributed by atoms with Gasteiger partial charge in [-0.2, -0.15) is 0 Å². The van der Waals surface area contributed by atoms with Gasteiger partial charge in [-0.15, -0.1) is 0 Å². The largest absolute Gasteiger partial charge is 0.462 e. The predicted octanol–water partition coefficient (Wildman–Crippen LogP) is 16.8. The molecule has 3 atom stereocenters. The van der Waals surface area contributed by atoms with Crippen LogP contribution in [0.4, 0.5) is 0 Å². The molecule has 6 heteroatoms. The molecular weight excluding hydrogens is 779 g/mol. The Morgan fingerprint density at radius 1 is 0.460 bits per heavy atom. The first-order valence-corrected chi connectivity index (χ1v) is 27.7. The third-order valence-corrected chi connectivity index (χ3v) is 12.7. The van der Waals surface area contributed by atoms with Crippen LogP contribution in [0.15, 0.2) is 36.5 Å². The lowest BCUT2D eigenvalue weighted by atomic mass is 10.0. The molecule has 0 spiro atoms. The lowest BCUT2D eigenvalue weighted by Gasteiger charge is -2.24. The number of amides is 1. The Balaban J connectivity index is 4.57. The number of hydrogen-bond donors (Lipinski definition) is 3. The molecule has 0 radical (unpaired) electrons. The van der Waals surface area contributed by atoms with Crippen molar-refractivity contribution in [2.24, 2.45) is 0 Å². The summed E-state index contributed by atoms with van der Waals surface area (Å²) in [4.78, 5) is 26.2. The van der Waals surface area contributed by atoms with Crippen LogP contribution in [0.2, 0.25) is 0 Å². The van der Waals surface area contributed by atoms with Gasteiger partial charge in [0.05, 0.1) is 25.2 Å². The maximum absolute atomic E-state index is 13.2. The smallest absolute Gasteiger partial charge is 0.306 e. The lowest BCUT2D eigenvalue weighted by Crippen LogP contribution is -2.46. The van der Waals surface area contributed by atoms with Crippen LogP contribution in [0, 0.1) is 0 Å². The van der Waals surface area contributed by atoms with E-state index < -0.39 is 18.2 Å². The number of allylic oxidation sites excluding steroid dienone is 6. The number of nitrogens with one attached hydrogen (secondary N) is 1. The monoisotopic (exact) mass is 886 g/mol. The minimum atomic E-state index is -0.793. The second-order valence-corrected chi connectivity index (χ2v) is 19.0. The highest BCUT2D eigenvalue weighted by molar-refractivity contribution is 5.77. The SMILES string of the molecule is CCCCCC/C=C\CCCCCCCC(CC(=O)NC(CO)C(O)CCCCCCCCCCCCCCCCC)OC(=O)CCCCC/C=C/C=C/CCCCCCCCC. The van der Waals surface area contributed by atoms with E-state index >= 15 is 0 Å². The van der Waals surface area contributed by atoms with Crippen molar-refractivity contribution in [1.82, 2.24) is 5.32 Å². The predicted molar refractivity (Wildman–Crippen MR) is 273 cm³/mol. The molecule has 0 aliphatic carbocycles. The first-order valence-electron chi connectivity index (χ1n) is 27.7. The normalized spacial score (nSPS) is 13.4. The first kappa shape index (κ1) is 61.1. The summed E-state index contributed by atoms with van der Waals surface area (Å²) >= 11 is 0. The average Bonchev–Trinajstić information content (AvgIpc) is 3.28. The summed E-state index contributed by atoms with van der Waals surface area (Å²) in [6.07, 6.45) is 60.6. The van der Waals surface area contributed by atoms with Crippen LogP contribution < -0.4 is 5.32 Å². The lowest BCUT2D eigenvalue weighted by molar-refractivity contribution is -0.151. The van der Waals surface area contributed by atoms with E-state index in [4.69, 9.17) is 4.74 Å². The van der Waals surface area contributed by atoms with Crippen molar-refractivity contribution < 1.29 is 24.5 Å². The fourth-order valence-electron chi connectivity index (χ4n) is 8.48. The summed E-state index contributed by atoms with van der Waals surface area (Å²) in [6, 6.07) is -0.708. The van der Waals surface area contributed by atoms with E-state index in [9.17, 15) is 19.8 Å². The fraction of sp³-hybridized carbons (Fsp3) is 0.860. The molecule has 0 heterocycles. The molecule has 63 heavy (non-hydrogen) atoms. The summed E-state index contributed by atoms with van der Waals surface area (Å²) in [5, 5.41) is 23.8. The number of ether oxygens (including phenoxy) is 1. The molecular formula is C57H107NO5. The van der Waals surface area contributed by atoms with E-state index in [2.05, 4.69) is 62.5 Å². The van der Waals surface area contributed by atoms with Gasteiger partial charge < -0.3 is 20.3 Å². The van der Waals surface area contributed by atoms with Gasteiger partial charge >= 0.3 is 5.97 Å². The van der Waals surface area contributed by atoms with E-state index in [0.717, 1.165) is 77.0 Å². The molecule has 6 nitrogen and oxygen atoms in total. The molecule has 0 rings (SSSR count). The molecule has 0 aromatic heterocycles. The van der Waals surface area contributed by atoms with Crippen LogP contribution in [0.25, 0.3) is 0 Å². The van der Waals surface area contributed by atoms with Crippen molar-refractivity contribution in [3.8, 4) is 0 Å². The van der Waals surface area contributed by atoms with E-state index in [0.29, 0.717) is 19.3 Å². The van der Waals surface area contributed by atoms with Gasteiger partial charge in [0.15, 0.2) is 0 Å². The van der Waals surface area contributed by atoms with E-state index in [1.54, 1.807) is 0 Å². The molecule has 370 valence electrons. The molecule has 0 aliphatic heterocycles. The first-order chi connectivity index (χ1) is 31.0. The van der Waals surface area contributed by atoms with Crippen molar-refractivity contribution in [2.45, 2.75) is 309 Å². The molecule has 0 fully saturated rings. The van der Waals surface area contributed by atoms with E-state index in [1.807, 2.05) is 0 Å². The van der Waals surface area contributed by atoms with Gasteiger partial charge in [-0.3, -0.25) is 9.59 Å². The number of esters is 1. The van der Waals surface area contributed by atoms with Gasteiger partial charge in [-0.1, -0.05) is 237 Å². The highest BCUT2D eigenvalue weighted by Gasteiger charge is 2.24. The summed E-state index contributed by atoms with van der Waals surface area (Å²) < 4.78 is 5.93. The Kier molecular flexibility index (Phi) is 49.5. The standard InChI is InChI=1S/C57H107NO5/c1-4-7-10-13-16-19-22-25-27-29-32-35-38-41-44-47-50-57(62)63-53(48-45-42-39-36-33-30-24-21-18-15-12-9-6-3)51-56(61)58-54(52-59)55(60)49-46-43-40-37-34-31-28-26-23-20-17-14-11-8-5-2/h21,24,27,29,32,35,53-55,59-60H,4-20,22-23,25-26,28,30-31,33-34,36-52H2,1-3H3,(H,58,61)/b24-21-,29-27+,35-32+. The summed E-state index contributed by atoms with van der Waals surface area (Å²) in [7, 11) is 0. The number of aliphatic hydroxyl groups excluding tert-OH is 2. The number of unbranched alkanes of at least 4 members (excludes halogenated alkanes) is 33. The van der Waals surface area contributed by atoms with Gasteiger partial charge in [0.2, 0.25) is 5.91 Å². The molecule has 3 unspecified atom stereocenters. The molecule has 0 aromatic carbocycles. The Bertz CT molecular complexity index is 1040. The molecule has 1 amide bonds. The Labute approximate surface area is 392 Å². The molecule has 0 aromatic rings. The second-order valence-electron chi connectivity index (χ2n) is 19.0. The molecule has 0 saturated heterocycles. The van der Waals surface area contributed by atoms with Crippen LogP contribution in [0.1, 0.15) is 290 Å². The minimum Gasteiger partial charge on any atom is -0.462 e. The highest BCUT2D eigenvalue weighted by Crippen LogP contribution is 2.18. The second kappa shape index (κ2) is 51.1.